The molecule has 0 unspecified atom stereocenters. The minimum atomic E-state index is -1.00. The van der Waals surface area contributed by atoms with E-state index >= 15 is 0 Å². The van der Waals surface area contributed by atoms with Gasteiger partial charge in [0, 0.05) is 20.6 Å². The van der Waals surface area contributed by atoms with E-state index in [9.17, 15) is 4.79 Å². The highest BCUT2D eigenvalue weighted by molar-refractivity contribution is 7.48. The lowest BCUT2D eigenvalue weighted by Gasteiger charge is -2.10. The van der Waals surface area contributed by atoms with E-state index in [1.807, 2.05) is 6.07 Å². The third-order valence-corrected chi connectivity index (χ3v) is 4.65. The number of aryl methyl sites for hydroxylation is 1. The molecule has 1 rings (SSSR count). The van der Waals surface area contributed by atoms with E-state index in [2.05, 4.69) is 24.3 Å². The first kappa shape index (κ1) is 17.3. The molecule has 0 aliphatic heterocycles. The summed E-state index contributed by atoms with van der Waals surface area (Å²) >= 11 is 0. The van der Waals surface area contributed by atoms with E-state index in [1.165, 1.54) is 18.4 Å². The molecule has 0 fully saturated rings. The van der Waals surface area contributed by atoms with E-state index < -0.39 is 8.38 Å². The number of Topliss-reactive ketones (excluding diaryl/α,β-unsaturated/α-hetero) is 1. The van der Waals surface area contributed by atoms with Gasteiger partial charge >= 0.3 is 0 Å². The van der Waals surface area contributed by atoms with Gasteiger partial charge in [-0.3, -0.25) is 4.79 Å². The molecule has 0 saturated carbocycles. The van der Waals surface area contributed by atoms with Crippen LogP contribution < -0.4 is 0 Å². The summed E-state index contributed by atoms with van der Waals surface area (Å²) in [5.41, 5.74) is 1.40. The lowest BCUT2D eigenvalue weighted by molar-refractivity contribution is -0.116. The number of carbonyl (C=O) groups is 1. The predicted molar refractivity (Wildman–Crippen MR) is 84.0 cm³/mol. The molecule has 0 atom stereocenters. The predicted octanol–water partition coefficient (Wildman–Crippen LogP) is 4.35. The Morgan fingerprint density at radius 1 is 1.00 bits per heavy atom. The standard InChI is InChI=1S/C16H25O3P/c1-18-20(19-2)14-16(17)13-9-4-3-6-10-15-11-7-5-8-12-15/h5,7-8,11-12H,3-4,6,9-10,13-14H2,1-2H3. The van der Waals surface area contributed by atoms with Gasteiger partial charge in [0.25, 0.3) is 0 Å². The molecule has 1 aromatic rings. The smallest absolute Gasteiger partial charge is 0.177 e. The molecule has 0 heterocycles. The Morgan fingerprint density at radius 3 is 2.30 bits per heavy atom. The molecule has 0 aromatic heterocycles. The topological polar surface area (TPSA) is 35.5 Å². The van der Waals surface area contributed by atoms with Crippen LogP contribution in [0.1, 0.15) is 37.7 Å². The minimum absolute atomic E-state index is 0.253. The molecule has 0 saturated heterocycles. The fourth-order valence-electron chi connectivity index (χ4n) is 2.08. The fourth-order valence-corrected chi connectivity index (χ4v) is 2.93. The van der Waals surface area contributed by atoms with Crippen molar-refractivity contribution in [1.29, 1.82) is 0 Å². The molecule has 20 heavy (non-hydrogen) atoms. The summed E-state index contributed by atoms with van der Waals surface area (Å²) in [4.78, 5) is 11.7. The van der Waals surface area contributed by atoms with Crippen LogP contribution in [0.3, 0.4) is 0 Å². The minimum Gasteiger partial charge on any atom is -0.337 e. The number of hydrogen-bond donors (Lipinski definition) is 0. The Kier molecular flexibility index (Phi) is 9.48. The van der Waals surface area contributed by atoms with Gasteiger partial charge in [0.1, 0.15) is 5.78 Å². The van der Waals surface area contributed by atoms with Gasteiger partial charge in [-0.05, 0) is 24.8 Å². The van der Waals surface area contributed by atoms with Crippen molar-refractivity contribution >= 4 is 14.2 Å². The molecule has 0 amide bonds. The third kappa shape index (κ3) is 7.74. The SMILES string of the molecule is COP(CC(=O)CCCCCCc1ccccc1)OC. The number of benzene rings is 1. The summed E-state index contributed by atoms with van der Waals surface area (Å²) in [7, 11) is 2.18. The van der Waals surface area contributed by atoms with Gasteiger partial charge in [0.15, 0.2) is 8.38 Å². The number of ketones is 1. The quantitative estimate of drug-likeness (QED) is 0.450. The zero-order chi connectivity index (χ0) is 14.6. The van der Waals surface area contributed by atoms with Crippen LogP contribution in [0.25, 0.3) is 0 Å². The molecule has 1 aromatic carbocycles. The zero-order valence-electron chi connectivity index (χ0n) is 12.5. The monoisotopic (exact) mass is 296 g/mol. The number of hydrogen-bond acceptors (Lipinski definition) is 3. The van der Waals surface area contributed by atoms with Crippen LogP contribution in [-0.2, 0) is 20.3 Å². The molecular weight excluding hydrogens is 271 g/mol. The van der Waals surface area contributed by atoms with Crippen molar-refractivity contribution < 1.29 is 13.8 Å². The number of unbranched alkanes of at least 4 members (excludes halogenated alkanes) is 3. The van der Waals surface area contributed by atoms with Gasteiger partial charge in [0.2, 0.25) is 0 Å². The third-order valence-electron chi connectivity index (χ3n) is 3.23. The maximum atomic E-state index is 11.7. The molecule has 0 radical (unpaired) electrons. The van der Waals surface area contributed by atoms with Crippen molar-refractivity contribution in [3.63, 3.8) is 0 Å². The molecule has 0 bridgehead atoms. The lowest BCUT2D eigenvalue weighted by Crippen LogP contribution is -2.04. The Balaban J connectivity index is 2.00. The molecule has 112 valence electrons. The van der Waals surface area contributed by atoms with E-state index in [1.54, 1.807) is 14.2 Å². The average molecular weight is 296 g/mol. The maximum absolute atomic E-state index is 11.7. The van der Waals surface area contributed by atoms with Gasteiger partial charge < -0.3 is 9.05 Å². The van der Waals surface area contributed by atoms with Gasteiger partial charge in [-0.1, -0.05) is 43.2 Å². The van der Waals surface area contributed by atoms with Crippen molar-refractivity contribution in [2.45, 2.75) is 38.5 Å². The fraction of sp³-hybridized carbons (Fsp3) is 0.562. The van der Waals surface area contributed by atoms with Crippen LogP contribution in [0.4, 0.5) is 0 Å². The highest BCUT2D eigenvalue weighted by Gasteiger charge is 2.12. The normalized spacial score (nSPS) is 10.9. The van der Waals surface area contributed by atoms with Gasteiger partial charge in [0.05, 0.1) is 6.16 Å². The maximum Gasteiger partial charge on any atom is 0.177 e. The number of rotatable bonds is 11. The second-order valence-corrected chi connectivity index (χ2v) is 6.51. The van der Waals surface area contributed by atoms with Crippen molar-refractivity contribution in [3.05, 3.63) is 35.9 Å². The second-order valence-electron chi connectivity index (χ2n) is 4.79. The van der Waals surface area contributed by atoms with Gasteiger partial charge in [-0.15, -0.1) is 0 Å². The average Bonchev–Trinajstić information content (AvgIpc) is 2.49. The van der Waals surface area contributed by atoms with Crippen molar-refractivity contribution in [2.24, 2.45) is 0 Å². The molecule has 3 nitrogen and oxygen atoms in total. The lowest BCUT2D eigenvalue weighted by atomic mass is 10.1. The summed E-state index contributed by atoms with van der Waals surface area (Å²) in [6, 6.07) is 10.5. The molecular formula is C16H25O3P. The van der Waals surface area contributed by atoms with E-state index in [-0.39, 0.29) is 5.78 Å². The zero-order valence-corrected chi connectivity index (χ0v) is 13.4. The summed E-state index contributed by atoms with van der Waals surface area (Å²) in [5.74, 6) is 0.253. The summed E-state index contributed by atoms with van der Waals surface area (Å²) < 4.78 is 10.2. The summed E-state index contributed by atoms with van der Waals surface area (Å²) in [5, 5.41) is 0. The van der Waals surface area contributed by atoms with Crippen LogP contribution in [0.5, 0.6) is 0 Å². The molecule has 0 aliphatic carbocycles. The summed E-state index contributed by atoms with van der Waals surface area (Å²) in [6.45, 7) is 0. The first-order valence-electron chi connectivity index (χ1n) is 7.17. The van der Waals surface area contributed by atoms with Crippen LogP contribution in [0.15, 0.2) is 30.3 Å². The van der Waals surface area contributed by atoms with Crippen LogP contribution in [0.2, 0.25) is 0 Å². The Morgan fingerprint density at radius 2 is 1.65 bits per heavy atom. The highest BCUT2D eigenvalue weighted by Crippen LogP contribution is 2.35. The van der Waals surface area contributed by atoms with E-state index in [0.717, 1.165) is 19.3 Å². The molecule has 0 aliphatic rings. The highest BCUT2D eigenvalue weighted by atomic mass is 31.2. The van der Waals surface area contributed by atoms with Crippen LogP contribution >= 0.6 is 8.38 Å². The molecule has 0 spiro atoms. The molecule has 0 N–H and O–H groups in total. The van der Waals surface area contributed by atoms with Crippen molar-refractivity contribution in [1.82, 2.24) is 0 Å². The van der Waals surface area contributed by atoms with Gasteiger partial charge in [-0.2, -0.15) is 0 Å². The summed E-state index contributed by atoms with van der Waals surface area (Å²) in [6.07, 6.45) is 6.68. The molecule has 4 heteroatoms. The Labute approximate surface area is 123 Å². The Bertz CT molecular complexity index is 363. The van der Waals surface area contributed by atoms with Crippen LogP contribution in [0, 0.1) is 0 Å². The second kappa shape index (κ2) is 11.0. The van der Waals surface area contributed by atoms with Gasteiger partial charge in [-0.25, -0.2) is 0 Å². The van der Waals surface area contributed by atoms with Crippen molar-refractivity contribution in [2.75, 3.05) is 20.4 Å². The largest absolute Gasteiger partial charge is 0.337 e. The number of carbonyl (C=O) groups excluding carboxylic acids is 1. The Hall–Kier alpha value is -0.760. The van der Waals surface area contributed by atoms with Crippen LogP contribution in [-0.4, -0.2) is 26.2 Å². The van der Waals surface area contributed by atoms with E-state index in [4.69, 9.17) is 9.05 Å². The van der Waals surface area contributed by atoms with E-state index in [0.29, 0.717) is 12.6 Å². The first-order valence-corrected chi connectivity index (χ1v) is 8.54. The first-order chi connectivity index (χ1) is 9.76. The van der Waals surface area contributed by atoms with Crippen molar-refractivity contribution in [3.8, 4) is 0 Å².